The standard InChI is InChI=1S/C15H25N3O3/c1-9(2)15(5,14(20)21)7-13(19)16-8-12-10(3)17-18(6)11(12)4/h9H,7-8H2,1-6H3,(H,16,19)(H,20,21). The third kappa shape index (κ3) is 3.62. The van der Waals surface area contributed by atoms with Gasteiger partial charge in [-0.1, -0.05) is 13.8 Å². The van der Waals surface area contributed by atoms with E-state index in [1.807, 2.05) is 34.7 Å². The second-order valence-electron chi connectivity index (χ2n) is 6.10. The van der Waals surface area contributed by atoms with Crippen LogP contribution in [0.3, 0.4) is 0 Å². The van der Waals surface area contributed by atoms with Crippen LogP contribution in [0.25, 0.3) is 0 Å². The van der Waals surface area contributed by atoms with Crippen molar-refractivity contribution in [3.63, 3.8) is 0 Å². The molecule has 0 aliphatic rings. The van der Waals surface area contributed by atoms with Gasteiger partial charge >= 0.3 is 5.97 Å². The lowest BCUT2D eigenvalue weighted by molar-refractivity contribution is -0.153. The average Bonchev–Trinajstić information content (AvgIpc) is 2.60. The van der Waals surface area contributed by atoms with Gasteiger partial charge in [-0.15, -0.1) is 0 Å². The number of carboxylic acid groups (broad SMARTS) is 1. The third-order valence-electron chi connectivity index (χ3n) is 4.41. The highest BCUT2D eigenvalue weighted by Crippen LogP contribution is 2.31. The quantitative estimate of drug-likeness (QED) is 0.838. The zero-order valence-corrected chi connectivity index (χ0v) is 13.6. The molecule has 1 unspecified atom stereocenters. The van der Waals surface area contributed by atoms with Crippen LogP contribution in [-0.2, 0) is 23.2 Å². The van der Waals surface area contributed by atoms with Crippen LogP contribution >= 0.6 is 0 Å². The molecule has 0 saturated heterocycles. The molecule has 1 amide bonds. The predicted molar refractivity (Wildman–Crippen MR) is 79.7 cm³/mol. The molecule has 0 bridgehead atoms. The van der Waals surface area contributed by atoms with E-state index < -0.39 is 11.4 Å². The van der Waals surface area contributed by atoms with Crippen LogP contribution in [0.2, 0.25) is 0 Å². The topological polar surface area (TPSA) is 84.2 Å². The maximum absolute atomic E-state index is 12.1. The lowest BCUT2D eigenvalue weighted by Gasteiger charge is -2.28. The number of amides is 1. The zero-order chi connectivity index (χ0) is 16.4. The molecule has 0 saturated carbocycles. The van der Waals surface area contributed by atoms with Crippen LogP contribution in [0.5, 0.6) is 0 Å². The van der Waals surface area contributed by atoms with Crippen molar-refractivity contribution in [2.45, 2.75) is 47.6 Å². The molecular weight excluding hydrogens is 270 g/mol. The molecule has 0 aliphatic heterocycles. The normalized spacial score (nSPS) is 14.0. The van der Waals surface area contributed by atoms with E-state index in [1.54, 1.807) is 11.6 Å². The molecule has 1 rings (SSSR count). The van der Waals surface area contributed by atoms with E-state index in [9.17, 15) is 14.7 Å². The Morgan fingerprint density at radius 1 is 1.38 bits per heavy atom. The van der Waals surface area contributed by atoms with Crippen molar-refractivity contribution in [2.24, 2.45) is 18.4 Å². The molecule has 1 aromatic rings. The zero-order valence-electron chi connectivity index (χ0n) is 13.6. The van der Waals surface area contributed by atoms with Crippen molar-refractivity contribution in [3.8, 4) is 0 Å². The molecular formula is C15H25N3O3. The Bertz CT molecular complexity index is 549. The number of carbonyl (C=O) groups excluding carboxylic acids is 1. The molecule has 1 atom stereocenters. The molecule has 0 fully saturated rings. The minimum atomic E-state index is -1.05. The van der Waals surface area contributed by atoms with E-state index in [2.05, 4.69) is 10.4 Å². The minimum Gasteiger partial charge on any atom is -0.481 e. The highest BCUT2D eigenvalue weighted by Gasteiger charge is 2.38. The molecule has 1 heterocycles. The summed E-state index contributed by atoms with van der Waals surface area (Å²) in [6.07, 6.45) is -0.0294. The van der Waals surface area contributed by atoms with Crippen molar-refractivity contribution in [3.05, 3.63) is 17.0 Å². The minimum absolute atomic E-state index is 0.0294. The molecule has 0 spiro atoms. The smallest absolute Gasteiger partial charge is 0.310 e. The first-order valence-corrected chi connectivity index (χ1v) is 7.08. The molecule has 118 valence electrons. The number of aliphatic carboxylic acids is 1. The van der Waals surface area contributed by atoms with E-state index in [0.29, 0.717) is 6.54 Å². The Hall–Kier alpha value is -1.85. The molecule has 1 aromatic heterocycles. The summed E-state index contributed by atoms with van der Waals surface area (Å²) in [5.74, 6) is -1.32. The van der Waals surface area contributed by atoms with Crippen LogP contribution < -0.4 is 5.32 Å². The van der Waals surface area contributed by atoms with Gasteiger partial charge in [-0.2, -0.15) is 5.10 Å². The number of aromatic nitrogens is 2. The Labute approximate surface area is 125 Å². The number of rotatable bonds is 6. The van der Waals surface area contributed by atoms with Gasteiger partial charge in [0, 0.05) is 31.3 Å². The number of carboxylic acids is 1. The second kappa shape index (κ2) is 6.28. The summed E-state index contributed by atoms with van der Waals surface area (Å²) >= 11 is 0. The number of nitrogens with zero attached hydrogens (tertiary/aromatic N) is 2. The summed E-state index contributed by atoms with van der Waals surface area (Å²) in [6, 6.07) is 0. The van der Waals surface area contributed by atoms with Crippen LogP contribution in [0.15, 0.2) is 0 Å². The average molecular weight is 295 g/mol. The summed E-state index contributed by atoms with van der Waals surface area (Å²) in [5, 5.41) is 16.4. The molecule has 6 nitrogen and oxygen atoms in total. The Kier molecular flexibility index (Phi) is 5.15. The fraction of sp³-hybridized carbons (Fsp3) is 0.667. The van der Waals surface area contributed by atoms with Gasteiger partial charge in [0.05, 0.1) is 11.1 Å². The van der Waals surface area contributed by atoms with E-state index in [-0.39, 0.29) is 18.2 Å². The van der Waals surface area contributed by atoms with Crippen molar-refractivity contribution < 1.29 is 14.7 Å². The van der Waals surface area contributed by atoms with E-state index >= 15 is 0 Å². The highest BCUT2D eigenvalue weighted by atomic mass is 16.4. The lowest BCUT2D eigenvalue weighted by Crippen LogP contribution is -2.39. The highest BCUT2D eigenvalue weighted by molar-refractivity contribution is 5.84. The molecule has 2 N–H and O–H groups in total. The fourth-order valence-electron chi connectivity index (χ4n) is 2.18. The Balaban J connectivity index is 2.72. The van der Waals surface area contributed by atoms with Crippen LogP contribution in [0.4, 0.5) is 0 Å². The maximum atomic E-state index is 12.1. The number of nitrogens with one attached hydrogen (secondary N) is 1. The first-order chi connectivity index (χ1) is 9.59. The van der Waals surface area contributed by atoms with Gasteiger partial charge in [-0.25, -0.2) is 0 Å². The van der Waals surface area contributed by atoms with Gasteiger partial charge in [-0.3, -0.25) is 14.3 Å². The molecule has 21 heavy (non-hydrogen) atoms. The van der Waals surface area contributed by atoms with Gasteiger partial charge in [-0.05, 0) is 26.7 Å². The molecule has 0 aromatic carbocycles. The first kappa shape index (κ1) is 17.2. The number of hydrogen-bond acceptors (Lipinski definition) is 3. The fourth-order valence-corrected chi connectivity index (χ4v) is 2.18. The largest absolute Gasteiger partial charge is 0.481 e. The van der Waals surface area contributed by atoms with E-state index in [1.165, 1.54) is 0 Å². The van der Waals surface area contributed by atoms with Crippen LogP contribution in [0.1, 0.15) is 44.1 Å². The van der Waals surface area contributed by atoms with Gasteiger partial charge in [0.25, 0.3) is 0 Å². The molecule has 0 aliphatic carbocycles. The number of aryl methyl sites for hydroxylation is 2. The van der Waals surface area contributed by atoms with E-state index in [0.717, 1.165) is 17.0 Å². The van der Waals surface area contributed by atoms with Crippen molar-refractivity contribution >= 4 is 11.9 Å². The summed E-state index contributed by atoms with van der Waals surface area (Å²) < 4.78 is 1.77. The lowest BCUT2D eigenvalue weighted by atomic mass is 9.76. The summed E-state index contributed by atoms with van der Waals surface area (Å²) in [5.41, 5.74) is 1.80. The van der Waals surface area contributed by atoms with Crippen molar-refractivity contribution in [2.75, 3.05) is 0 Å². The summed E-state index contributed by atoms with van der Waals surface area (Å²) in [7, 11) is 1.86. The van der Waals surface area contributed by atoms with Crippen LogP contribution in [0, 0.1) is 25.2 Å². The summed E-state index contributed by atoms with van der Waals surface area (Å²) in [4.78, 5) is 23.5. The maximum Gasteiger partial charge on any atom is 0.310 e. The third-order valence-corrected chi connectivity index (χ3v) is 4.41. The van der Waals surface area contributed by atoms with Gasteiger partial charge in [0.15, 0.2) is 0 Å². The Morgan fingerprint density at radius 3 is 2.33 bits per heavy atom. The van der Waals surface area contributed by atoms with Gasteiger partial charge in [0.2, 0.25) is 5.91 Å². The molecule has 0 radical (unpaired) electrons. The van der Waals surface area contributed by atoms with Crippen LogP contribution in [-0.4, -0.2) is 26.8 Å². The predicted octanol–water partition coefficient (Wildman–Crippen LogP) is 1.79. The summed E-state index contributed by atoms with van der Waals surface area (Å²) in [6.45, 7) is 9.45. The monoisotopic (exact) mass is 295 g/mol. The number of carbonyl (C=O) groups is 2. The van der Waals surface area contributed by atoms with Crippen molar-refractivity contribution in [1.82, 2.24) is 15.1 Å². The SMILES string of the molecule is Cc1nn(C)c(C)c1CNC(=O)CC(C)(C(=O)O)C(C)C. The Morgan fingerprint density at radius 2 is 1.95 bits per heavy atom. The van der Waals surface area contributed by atoms with Gasteiger partial charge < -0.3 is 10.4 Å². The number of hydrogen-bond donors (Lipinski definition) is 2. The van der Waals surface area contributed by atoms with Crippen molar-refractivity contribution in [1.29, 1.82) is 0 Å². The van der Waals surface area contributed by atoms with Gasteiger partial charge in [0.1, 0.15) is 0 Å². The second-order valence-corrected chi connectivity index (χ2v) is 6.10. The molecule has 6 heteroatoms. The first-order valence-electron chi connectivity index (χ1n) is 7.08. The van der Waals surface area contributed by atoms with E-state index in [4.69, 9.17) is 0 Å².